The van der Waals surface area contributed by atoms with Crippen molar-refractivity contribution < 1.29 is 9.59 Å². The van der Waals surface area contributed by atoms with E-state index in [0.717, 1.165) is 0 Å². The van der Waals surface area contributed by atoms with Crippen LogP contribution in [0.3, 0.4) is 0 Å². The quantitative estimate of drug-likeness (QED) is 0.673. The van der Waals surface area contributed by atoms with Gasteiger partial charge in [-0.3, -0.25) is 9.59 Å². The normalized spacial score (nSPS) is 13.0. The molecule has 0 saturated heterocycles. The van der Waals surface area contributed by atoms with Crippen LogP contribution < -0.4 is 5.73 Å². The summed E-state index contributed by atoms with van der Waals surface area (Å²) in [5, 5.41) is 0. The van der Waals surface area contributed by atoms with Crippen LogP contribution in [0.5, 0.6) is 0 Å². The molecule has 0 aliphatic rings. The highest BCUT2D eigenvalue weighted by atomic mass is 16.1. The van der Waals surface area contributed by atoms with Gasteiger partial charge in [0.05, 0.1) is 0 Å². The summed E-state index contributed by atoms with van der Waals surface area (Å²) < 4.78 is 0. The molecule has 0 aliphatic heterocycles. The molecule has 0 radical (unpaired) electrons. The van der Waals surface area contributed by atoms with Crippen LogP contribution in [0.2, 0.25) is 0 Å². The third-order valence-corrected chi connectivity index (χ3v) is 1.91. The van der Waals surface area contributed by atoms with Crippen molar-refractivity contribution in [2.24, 2.45) is 17.6 Å². The molecular weight excluding hydrogens is 154 g/mol. The second-order valence-electron chi connectivity index (χ2n) is 3.33. The molecule has 12 heavy (non-hydrogen) atoms. The van der Waals surface area contributed by atoms with E-state index in [2.05, 4.69) is 0 Å². The summed E-state index contributed by atoms with van der Waals surface area (Å²) in [7, 11) is 0. The zero-order valence-electron chi connectivity index (χ0n) is 7.96. The second kappa shape index (κ2) is 4.91. The van der Waals surface area contributed by atoms with Gasteiger partial charge in [-0.25, -0.2) is 0 Å². The van der Waals surface area contributed by atoms with Gasteiger partial charge in [-0.05, 0) is 6.42 Å². The molecule has 1 unspecified atom stereocenters. The Kier molecular flexibility index (Phi) is 4.55. The highest BCUT2D eigenvalue weighted by Gasteiger charge is 2.20. The number of ketones is 1. The predicted octanol–water partition coefficient (Wildman–Crippen LogP) is 1.11. The summed E-state index contributed by atoms with van der Waals surface area (Å²) in [5.41, 5.74) is 5.02. The summed E-state index contributed by atoms with van der Waals surface area (Å²) in [6.45, 7) is 5.58. The molecule has 0 aromatic rings. The average molecular weight is 171 g/mol. The molecule has 3 heteroatoms. The van der Waals surface area contributed by atoms with Gasteiger partial charge in [0.2, 0.25) is 5.91 Å². The number of carbonyl (C=O) groups excluding carboxylic acids is 2. The van der Waals surface area contributed by atoms with E-state index in [1.165, 1.54) is 0 Å². The van der Waals surface area contributed by atoms with Crippen molar-refractivity contribution in [2.75, 3.05) is 0 Å². The van der Waals surface area contributed by atoms with Crippen LogP contribution in [0.4, 0.5) is 0 Å². The first-order valence-electron chi connectivity index (χ1n) is 4.31. The first-order chi connectivity index (χ1) is 5.49. The molecule has 70 valence electrons. The van der Waals surface area contributed by atoms with Gasteiger partial charge in [0, 0.05) is 18.3 Å². The Hall–Kier alpha value is -0.860. The van der Waals surface area contributed by atoms with E-state index in [4.69, 9.17) is 5.73 Å². The van der Waals surface area contributed by atoms with Crippen molar-refractivity contribution in [3.63, 3.8) is 0 Å². The number of Topliss-reactive ketones (excluding diaryl/α,β-unsaturated/α-hetero) is 1. The summed E-state index contributed by atoms with van der Waals surface area (Å²) >= 11 is 0. The van der Waals surface area contributed by atoms with Gasteiger partial charge >= 0.3 is 0 Å². The van der Waals surface area contributed by atoms with Crippen molar-refractivity contribution in [3.8, 4) is 0 Å². The van der Waals surface area contributed by atoms with Gasteiger partial charge < -0.3 is 5.73 Å². The largest absolute Gasteiger partial charge is 0.370 e. The molecule has 0 saturated carbocycles. The van der Waals surface area contributed by atoms with E-state index in [9.17, 15) is 9.59 Å². The molecule has 0 aromatic carbocycles. The molecule has 2 N–H and O–H groups in total. The summed E-state index contributed by atoms with van der Waals surface area (Å²) in [6.07, 6.45) is 0.882. The number of hydrogen-bond donors (Lipinski definition) is 1. The van der Waals surface area contributed by atoms with E-state index in [1.807, 2.05) is 20.8 Å². The summed E-state index contributed by atoms with van der Waals surface area (Å²) in [6, 6.07) is 0. The fourth-order valence-corrected chi connectivity index (χ4v) is 1.16. The first-order valence-corrected chi connectivity index (χ1v) is 4.31. The Morgan fingerprint density at radius 2 is 1.83 bits per heavy atom. The molecule has 0 heterocycles. The average Bonchev–Trinajstić information content (AvgIpc) is 1.98. The van der Waals surface area contributed by atoms with Crippen LogP contribution in [0.15, 0.2) is 0 Å². The van der Waals surface area contributed by atoms with Crippen molar-refractivity contribution >= 4 is 11.7 Å². The van der Waals surface area contributed by atoms with E-state index in [0.29, 0.717) is 6.42 Å². The molecule has 1 amide bonds. The monoisotopic (exact) mass is 171 g/mol. The minimum absolute atomic E-state index is 0.00528. The summed E-state index contributed by atoms with van der Waals surface area (Å²) in [4.78, 5) is 22.0. The van der Waals surface area contributed by atoms with Crippen LogP contribution >= 0.6 is 0 Å². The van der Waals surface area contributed by atoms with Crippen LogP contribution in [0.1, 0.15) is 33.6 Å². The Morgan fingerprint density at radius 3 is 2.08 bits per heavy atom. The number of primary amides is 1. The fourth-order valence-electron chi connectivity index (χ4n) is 1.16. The van der Waals surface area contributed by atoms with Gasteiger partial charge in [-0.15, -0.1) is 0 Å². The SMILES string of the molecule is CCC(CC(N)=O)C(=O)C(C)C. The maximum atomic E-state index is 11.4. The maximum absolute atomic E-state index is 11.4. The van der Waals surface area contributed by atoms with Gasteiger partial charge in [-0.1, -0.05) is 20.8 Å². The Labute approximate surface area is 73.3 Å². The molecule has 0 aromatic heterocycles. The number of rotatable bonds is 5. The van der Waals surface area contributed by atoms with Crippen molar-refractivity contribution in [1.29, 1.82) is 0 Å². The third kappa shape index (κ3) is 3.51. The lowest BCUT2D eigenvalue weighted by Crippen LogP contribution is -2.25. The zero-order valence-corrected chi connectivity index (χ0v) is 7.96. The number of nitrogens with two attached hydrogens (primary N) is 1. The van der Waals surface area contributed by atoms with E-state index >= 15 is 0 Å². The van der Waals surface area contributed by atoms with E-state index in [1.54, 1.807) is 0 Å². The topological polar surface area (TPSA) is 60.2 Å². The molecule has 0 bridgehead atoms. The highest BCUT2D eigenvalue weighted by Crippen LogP contribution is 2.14. The minimum atomic E-state index is -0.393. The lowest BCUT2D eigenvalue weighted by molar-refractivity contribution is -0.129. The van der Waals surface area contributed by atoms with E-state index in [-0.39, 0.29) is 24.0 Å². The fraction of sp³-hybridized carbons (Fsp3) is 0.778. The van der Waals surface area contributed by atoms with Gasteiger partial charge in [-0.2, -0.15) is 0 Å². The van der Waals surface area contributed by atoms with Gasteiger partial charge in [0.25, 0.3) is 0 Å². The van der Waals surface area contributed by atoms with Crippen LogP contribution in [0.25, 0.3) is 0 Å². The molecule has 0 rings (SSSR count). The lowest BCUT2D eigenvalue weighted by Gasteiger charge is -2.13. The van der Waals surface area contributed by atoms with E-state index < -0.39 is 5.91 Å². The second-order valence-corrected chi connectivity index (χ2v) is 3.33. The molecule has 1 atom stereocenters. The van der Waals surface area contributed by atoms with Crippen molar-refractivity contribution in [2.45, 2.75) is 33.6 Å². The standard InChI is InChI=1S/C9H17NO2/c1-4-7(5-8(10)11)9(12)6(2)3/h6-7H,4-5H2,1-3H3,(H2,10,11). The Bertz CT molecular complexity index is 175. The molecule has 0 spiro atoms. The lowest BCUT2D eigenvalue weighted by atomic mass is 9.90. The van der Waals surface area contributed by atoms with Crippen LogP contribution in [-0.2, 0) is 9.59 Å². The highest BCUT2D eigenvalue weighted by molar-refractivity contribution is 5.87. The zero-order chi connectivity index (χ0) is 9.72. The van der Waals surface area contributed by atoms with Crippen LogP contribution in [0, 0.1) is 11.8 Å². The minimum Gasteiger partial charge on any atom is -0.370 e. The maximum Gasteiger partial charge on any atom is 0.218 e. The Balaban J connectivity index is 4.15. The number of amides is 1. The molecule has 0 aliphatic carbocycles. The summed E-state index contributed by atoms with van der Waals surface area (Å²) in [5.74, 6) is -0.441. The smallest absolute Gasteiger partial charge is 0.218 e. The molecular formula is C9H17NO2. The van der Waals surface area contributed by atoms with Gasteiger partial charge in [0.15, 0.2) is 0 Å². The predicted molar refractivity (Wildman–Crippen MR) is 47.4 cm³/mol. The number of carbonyl (C=O) groups is 2. The van der Waals surface area contributed by atoms with Crippen LogP contribution in [-0.4, -0.2) is 11.7 Å². The van der Waals surface area contributed by atoms with Gasteiger partial charge in [0.1, 0.15) is 5.78 Å². The van der Waals surface area contributed by atoms with Crippen molar-refractivity contribution in [1.82, 2.24) is 0 Å². The third-order valence-electron chi connectivity index (χ3n) is 1.91. The van der Waals surface area contributed by atoms with Crippen molar-refractivity contribution in [3.05, 3.63) is 0 Å². The first kappa shape index (κ1) is 11.1. The number of hydrogen-bond acceptors (Lipinski definition) is 2. The molecule has 3 nitrogen and oxygen atoms in total. The molecule has 0 fully saturated rings. The Morgan fingerprint density at radius 1 is 1.33 bits per heavy atom.